The average Bonchev–Trinajstić information content (AvgIpc) is 2.81. The third-order valence-electron chi connectivity index (χ3n) is 4.84. The number of ether oxygens (including phenoxy) is 2. The molecule has 35 heavy (non-hydrogen) atoms. The van der Waals surface area contributed by atoms with Crippen molar-refractivity contribution in [3.63, 3.8) is 0 Å². The van der Waals surface area contributed by atoms with Gasteiger partial charge in [0.25, 0.3) is 0 Å². The Balaban J connectivity index is 0.00000342. The van der Waals surface area contributed by atoms with Crippen molar-refractivity contribution in [1.29, 1.82) is 0 Å². The van der Waals surface area contributed by atoms with Crippen molar-refractivity contribution in [2.45, 2.75) is 0 Å². The van der Waals surface area contributed by atoms with Gasteiger partial charge in [-0.2, -0.15) is 23.2 Å². The molecule has 0 bridgehead atoms. The number of para-hydroxylation sites is 1. The minimum atomic E-state index is -0.916. The summed E-state index contributed by atoms with van der Waals surface area (Å²) in [6.45, 7) is 0. The number of hydrogen-bond acceptors (Lipinski definition) is 6. The number of hydrogen-bond donors (Lipinski definition) is 0. The molecule has 2 heterocycles. The van der Waals surface area contributed by atoms with Crippen LogP contribution in [0.3, 0.4) is 0 Å². The summed E-state index contributed by atoms with van der Waals surface area (Å²) in [6, 6.07) is 20.2. The normalized spacial score (nSPS) is 10.3. The molecule has 4 rings (SSSR count). The first-order valence-corrected chi connectivity index (χ1v) is 10.4. The van der Waals surface area contributed by atoms with E-state index in [0.717, 1.165) is 11.8 Å². The van der Waals surface area contributed by atoms with Gasteiger partial charge in [0.1, 0.15) is 0 Å². The molecule has 0 fully saturated rings. The molecule has 0 saturated carbocycles. The van der Waals surface area contributed by atoms with Crippen molar-refractivity contribution in [3.8, 4) is 34.5 Å². The van der Waals surface area contributed by atoms with Gasteiger partial charge in [-0.1, -0.05) is 23.8 Å². The molecule has 0 atom stereocenters. The zero-order valence-electron chi connectivity index (χ0n) is 19.5. The Morgan fingerprint density at radius 1 is 0.829 bits per heavy atom. The van der Waals surface area contributed by atoms with Gasteiger partial charge in [0.2, 0.25) is 11.8 Å². The van der Waals surface area contributed by atoms with Crippen LogP contribution in [0.15, 0.2) is 60.8 Å². The number of halogens is 2. The molecular formula is C26H22F2N4O2Pt. The van der Waals surface area contributed by atoms with E-state index in [-0.39, 0.29) is 44.1 Å². The van der Waals surface area contributed by atoms with E-state index in [9.17, 15) is 8.78 Å². The van der Waals surface area contributed by atoms with Crippen molar-refractivity contribution in [3.05, 3.63) is 84.6 Å². The van der Waals surface area contributed by atoms with E-state index in [2.05, 4.69) is 22.1 Å². The summed E-state index contributed by atoms with van der Waals surface area (Å²) in [5, 5.41) is 0. The third-order valence-corrected chi connectivity index (χ3v) is 4.84. The monoisotopic (exact) mass is 655 g/mol. The van der Waals surface area contributed by atoms with Gasteiger partial charge < -0.3 is 24.3 Å². The number of pyridine rings is 2. The van der Waals surface area contributed by atoms with Gasteiger partial charge in [-0.05, 0) is 11.8 Å². The van der Waals surface area contributed by atoms with E-state index < -0.39 is 11.6 Å². The molecule has 6 nitrogen and oxygen atoms in total. The Hall–Kier alpha value is -3.51. The van der Waals surface area contributed by atoms with Crippen molar-refractivity contribution in [1.82, 2.24) is 9.97 Å². The van der Waals surface area contributed by atoms with Gasteiger partial charge in [-0.15, -0.1) is 12.1 Å². The number of aromatic nitrogens is 2. The van der Waals surface area contributed by atoms with E-state index in [1.807, 2.05) is 50.1 Å². The second kappa shape index (κ2) is 11.3. The Morgan fingerprint density at radius 3 is 2.20 bits per heavy atom. The van der Waals surface area contributed by atoms with E-state index in [1.54, 1.807) is 42.6 Å². The molecule has 2 aromatic carbocycles. The molecule has 0 aliphatic heterocycles. The minimum Gasteiger partial charge on any atom is -0.466 e. The van der Waals surface area contributed by atoms with Crippen molar-refractivity contribution in [2.75, 3.05) is 38.0 Å². The van der Waals surface area contributed by atoms with Crippen LogP contribution in [0.4, 0.5) is 20.2 Å². The fraction of sp³-hybridized carbons (Fsp3) is 0.154. The molecule has 0 aliphatic rings. The van der Waals surface area contributed by atoms with Crippen LogP contribution in [0.2, 0.25) is 0 Å². The zero-order chi connectivity index (χ0) is 24.2. The SMILES string of the molecule is CN(C)c1cc(Oc2[c-]cccc2)nc(Oc2[c-]c(-c3cc(N(C)C)ccn3)c(F)cc2F)c1.[Pt+2]. The number of benzene rings is 2. The summed E-state index contributed by atoms with van der Waals surface area (Å²) in [4.78, 5) is 12.2. The van der Waals surface area contributed by atoms with Crippen LogP contribution >= 0.6 is 0 Å². The Bertz CT molecular complexity index is 1300. The van der Waals surface area contributed by atoms with Gasteiger partial charge in [0, 0.05) is 69.5 Å². The van der Waals surface area contributed by atoms with Gasteiger partial charge >= 0.3 is 21.1 Å². The molecule has 0 saturated heterocycles. The molecule has 0 radical (unpaired) electrons. The largest absolute Gasteiger partial charge is 2.00 e. The minimum absolute atomic E-state index is 0. The van der Waals surface area contributed by atoms with Crippen molar-refractivity contribution < 1.29 is 39.3 Å². The van der Waals surface area contributed by atoms with Crippen LogP contribution in [0.5, 0.6) is 23.3 Å². The zero-order valence-corrected chi connectivity index (χ0v) is 21.7. The summed E-state index contributed by atoms with van der Waals surface area (Å²) in [5.74, 6) is -1.28. The molecule has 4 aromatic rings. The predicted octanol–water partition coefficient (Wildman–Crippen LogP) is 5.74. The second-order valence-corrected chi connectivity index (χ2v) is 7.79. The summed E-state index contributed by atoms with van der Waals surface area (Å²) in [6.07, 6.45) is 1.55. The average molecular weight is 656 g/mol. The topological polar surface area (TPSA) is 50.7 Å². The molecule has 0 aliphatic carbocycles. The molecular weight excluding hydrogens is 633 g/mol. The standard InChI is InChI=1S/C26H22F2N4O2.Pt/c1-31(2)17-10-11-29-23(12-17)20-15-24(22(28)16-21(20)27)34-26-14-18(32(3)4)13-25(30-26)33-19-8-6-5-7-9-19;/h5-8,10-14,16H,1-4H3;/q-2;+2. The smallest absolute Gasteiger partial charge is 0.466 e. The molecule has 0 amide bonds. The molecule has 9 heteroatoms. The summed E-state index contributed by atoms with van der Waals surface area (Å²) < 4.78 is 40.8. The summed E-state index contributed by atoms with van der Waals surface area (Å²) in [7, 11) is 7.39. The van der Waals surface area contributed by atoms with E-state index in [0.29, 0.717) is 17.1 Å². The molecule has 0 unspecified atom stereocenters. The third kappa shape index (κ3) is 6.34. The second-order valence-electron chi connectivity index (χ2n) is 7.79. The molecule has 0 N–H and O–H groups in total. The quantitative estimate of drug-likeness (QED) is 0.237. The predicted molar refractivity (Wildman–Crippen MR) is 127 cm³/mol. The Kier molecular flexibility index (Phi) is 8.41. The molecule has 0 spiro atoms. The van der Waals surface area contributed by atoms with Crippen LogP contribution in [-0.2, 0) is 21.1 Å². The van der Waals surface area contributed by atoms with Gasteiger partial charge in [-0.3, -0.25) is 8.78 Å². The van der Waals surface area contributed by atoms with Crippen molar-refractivity contribution >= 4 is 11.4 Å². The summed E-state index contributed by atoms with van der Waals surface area (Å²) in [5.41, 5.74) is 1.80. The van der Waals surface area contributed by atoms with Crippen LogP contribution in [0.1, 0.15) is 0 Å². The fourth-order valence-electron chi connectivity index (χ4n) is 3.07. The van der Waals surface area contributed by atoms with Crippen LogP contribution in [0.25, 0.3) is 11.3 Å². The molecule has 182 valence electrons. The maximum atomic E-state index is 14.6. The maximum absolute atomic E-state index is 14.6. The van der Waals surface area contributed by atoms with Crippen LogP contribution in [-0.4, -0.2) is 38.2 Å². The van der Waals surface area contributed by atoms with Gasteiger partial charge in [-0.25, -0.2) is 0 Å². The van der Waals surface area contributed by atoms with E-state index >= 15 is 0 Å². The molecule has 2 aromatic heterocycles. The van der Waals surface area contributed by atoms with Crippen LogP contribution < -0.4 is 19.3 Å². The Labute approximate surface area is 217 Å². The van der Waals surface area contributed by atoms with E-state index in [4.69, 9.17) is 9.47 Å². The first-order chi connectivity index (χ1) is 16.3. The first kappa shape index (κ1) is 26.1. The summed E-state index contributed by atoms with van der Waals surface area (Å²) >= 11 is 0. The van der Waals surface area contributed by atoms with E-state index in [1.165, 1.54) is 0 Å². The Morgan fingerprint density at radius 2 is 1.54 bits per heavy atom. The maximum Gasteiger partial charge on any atom is 2.00 e. The fourth-order valence-corrected chi connectivity index (χ4v) is 3.07. The number of rotatable bonds is 7. The van der Waals surface area contributed by atoms with Crippen molar-refractivity contribution in [2.24, 2.45) is 0 Å². The van der Waals surface area contributed by atoms with Crippen LogP contribution in [0, 0.1) is 23.8 Å². The first-order valence-electron chi connectivity index (χ1n) is 10.4. The number of nitrogens with zero attached hydrogens (tertiary/aromatic N) is 4. The number of anilines is 2. The van der Waals surface area contributed by atoms with Gasteiger partial charge in [0.05, 0.1) is 11.6 Å². The van der Waals surface area contributed by atoms with Gasteiger partial charge in [0.15, 0.2) is 0 Å².